The Kier molecular flexibility index (Phi) is 7.07. The number of aryl methyl sites for hydroxylation is 2. The number of aliphatic carboxylic acids is 1. The summed E-state index contributed by atoms with van der Waals surface area (Å²) in [5.41, 5.74) is 5.98. The second kappa shape index (κ2) is 10.6. The van der Waals surface area contributed by atoms with Gasteiger partial charge in [-0.1, -0.05) is 37.3 Å². The first kappa shape index (κ1) is 27.4. The Balaban J connectivity index is 1.30. The van der Waals surface area contributed by atoms with Gasteiger partial charge in [0.2, 0.25) is 0 Å². The minimum absolute atomic E-state index is 0.0120. The molecular formula is C34H36FN3O3. The molecule has 1 aliphatic carbocycles. The molecule has 2 aromatic carbocycles. The Morgan fingerprint density at radius 3 is 2.68 bits per heavy atom. The number of hydrogen-bond acceptors (Lipinski definition) is 5. The van der Waals surface area contributed by atoms with Crippen LogP contribution in [0.1, 0.15) is 73.1 Å². The minimum atomic E-state index is -0.760. The number of halogens is 1. The highest BCUT2D eigenvalue weighted by molar-refractivity contribution is 5.71. The molecule has 6 nitrogen and oxygen atoms in total. The topological polar surface area (TPSA) is 86.5 Å². The first-order chi connectivity index (χ1) is 19.6. The van der Waals surface area contributed by atoms with Crippen LogP contribution in [0.2, 0.25) is 0 Å². The zero-order valence-electron chi connectivity index (χ0n) is 23.9. The van der Waals surface area contributed by atoms with Gasteiger partial charge in [-0.05, 0) is 91.3 Å². The van der Waals surface area contributed by atoms with Crippen molar-refractivity contribution in [3.63, 3.8) is 0 Å². The lowest BCUT2D eigenvalue weighted by atomic mass is 9.82. The molecular weight excluding hydrogens is 517 g/mol. The number of ether oxygens (including phenoxy) is 1. The average molecular weight is 554 g/mol. The quantitative estimate of drug-likeness (QED) is 0.329. The van der Waals surface area contributed by atoms with Gasteiger partial charge in [-0.3, -0.25) is 14.7 Å². The van der Waals surface area contributed by atoms with Crippen molar-refractivity contribution in [2.45, 2.75) is 65.0 Å². The minimum Gasteiger partial charge on any atom is -0.485 e. The molecule has 2 fully saturated rings. The maximum atomic E-state index is 15.0. The molecule has 1 saturated carbocycles. The summed E-state index contributed by atoms with van der Waals surface area (Å²) in [4.78, 5) is 18.2. The van der Waals surface area contributed by atoms with Gasteiger partial charge < -0.3 is 9.84 Å². The van der Waals surface area contributed by atoms with Crippen molar-refractivity contribution in [2.75, 3.05) is 13.1 Å². The van der Waals surface area contributed by atoms with Crippen LogP contribution in [0.5, 0.6) is 5.75 Å². The number of carboxylic acids is 1. The molecule has 3 aromatic rings. The number of pyridine rings is 1. The molecule has 0 spiro atoms. The Bertz CT molecular complexity index is 1540. The van der Waals surface area contributed by atoms with Crippen LogP contribution in [-0.2, 0) is 17.8 Å². The predicted octanol–water partition coefficient (Wildman–Crippen LogP) is 6.82. The number of nitrogens with zero attached hydrogens (tertiary/aromatic N) is 3. The van der Waals surface area contributed by atoms with Gasteiger partial charge in [0, 0.05) is 30.9 Å². The third kappa shape index (κ3) is 5.46. The van der Waals surface area contributed by atoms with Crippen LogP contribution in [0.4, 0.5) is 4.39 Å². The lowest BCUT2D eigenvalue weighted by Gasteiger charge is -2.43. The molecule has 2 aliphatic heterocycles. The molecule has 1 saturated heterocycles. The van der Waals surface area contributed by atoms with E-state index in [0.29, 0.717) is 31.1 Å². The zero-order valence-corrected chi connectivity index (χ0v) is 23.9. The van der Waals surface area contributed by atoms with E-state index in [4.69, 9.17) is 4.74 Å². The lowest BCUT2D eigenvalue weighted by molar-refractivity contribution is -0.142. The van der Waals surface area contributed by atoms with Crippen molar-refractivity contribution in [2.24, 2.45) is 17.3 Å². The van der Waals surface area contributed by atoms with Crippen molar-refractivity contribution in [3.8, 4) is 22.9 Å². The van der Waals surface area contributed by atoms with Crippen LogP contribution in [0.25, 0.3) is 11.1 Å². The van der Waals surface area contributed by atoms with E-state index in [-0.39, 0.29) is 23.3 Å². The highest BCUT2D eigenvalue weighted by Crippen LogP contribution is 2.48. The van der Waals surface area contributed by atoms with Gasteiger partial charge in [-0.2, -0.15) is 5.26 Å². The molecule has 0 radical (unpaired) electrons. The fraction of sp³-hybridized carbons (Fsp3) is 0.441. The highest BCUT2D eigenvalue weighted by atomic mass is 19.1. The van der Waals surface area contributed by atoms with E-state index >= 15 is 0 Å². The van der Waals surface area contributed by atoms with Crippen LogP contribution in [0, 0.1) is 41.3 Å². The number of carbonyl (C=O) groups is 1. The molecule has 3 heterocycles. The summed E-state index contributed by atoms with van der Waals surface area (Å²) in [6, 6.07) is 16.6. The number of fused-ring (bicyclic) bond motifs is 1. The van der Waals surface area contributed by atoms with E-state index in [1.165, 1.54) is 6.20 Å². The second-order valence-corrected chi connectivity index (χ2v) is 12.5. The van der Waals surface area contributed by atoms with E-state index in [1.54, 1.807) is 6.07 Å². The van der Waals surface area contributed by atoms with Crippen LogP contribution in [0.3, 0.4) is 0 Å². The van der Waals surface area contributed by atoms with Gasteiger partial charge in [-0.25, -0.2) is 4.39 Å². The molecule has 0 amide bonds. The van der Waals surface area contributed by atoms with Crippen LogP contribution >= 0.6 is 0 Å². The molecule has 1 aromatic heterocycles. The van der Waals surface area contributed by atoms with Gasteiger partial charge in [0.15, 0.2) is 0 Å². The molecule has 41 heavy (non-hydrogen) atoms. The van der Waals surface area contributed by atoms with Crippen LogP contribution < -0.4 is 4.74 Å². The molecule has 1 unspecified atom stereocenters. The van der Waals surface area contributed by atoms with Crippen molar-refractivity contribution >= 4 is 5.97 Å². The molecule has 6 rings (SSSR count). The van der Waals surface area contributed by atoms with Gasteiger partial charge in [-0.15, -0.1) is 0 Å². The Morgan fingerprint density at radius 2 is 1.98 bits per heavy atom. The number of hydrogen-bond donors (Lipinski definition) is 1. The third-order valence-electron chi connectivity index (χ3n) is 9.07. The lowest BCUT2D eigenvalue weighted by Crippen LogP contribution is -2.53. The van der Waals surface area contributed by atoms with Crippen molar-refractivity contribution in [3.05, 3.63) is 82.4 Å². The Hall–Kier alpha value is -3.76. The summed E-state index contributed by atoms with van der Waals surface area (Å²) in [7, 11) is 0. The zero-order chi connectivity index (χ0) is 28.9. The van der Waals surface area contributed by atoms with E-state index in [0.717, 1.165) is 64.9 Å². The van der Waals surface area contributed by atoms with E-state index < -0.39 is 11.9 Å². The first-order valence-electron chi connectivity index (χ1n) is 14.6. The van der Waals surface area contributed by atoms with Crippen molar-refractivity contribution in [1.82, 2.24) is 9.88 Å². The first-order valence-corrected chi connectivity index (χ1v) is 14.6. The average Bonchev–Trinajstić information content (AvgIpc) is 3.78. The fourth-order valence-corrected chi connectivity index (χ4v) is 6.73. The Morgan fingerprint density at radius 1 is 1.20 bits per heavy atom. The smallest absolute Gasteiger partial charge is 0.306 e. The molecule has 1 N–H and O–H groups in total. The van der Waals surface area contributed by atoms with Gasteiger partial charge in [0.1, 0.15) is 17.7 Å². The predicted molar refractivity (Wildman–Crippen MR) is 154 cm³/mol. The van der Waals surface area contributed by atoms with Gasteiger partial charge in [0.05, 0.1) is 23.6 Å². The monoisotopic (exact) mass is 553 g/mol. The summed E-state index contributed by atoms with van der Waals surface area (Å²) in [6.45, 7) is 7.61. The van der Waals surface area contributed by atoms with Gasteiger partial charge in [0.25, 0.3) is 0 Å². The van der Waals surface area contributed by atoms with Crippen LogP contribution in [0.15, 0.2) is 48.7 Å². The van der Waals surface area contributed by atoms with Gasteiger partial charge >= 0.3 is 5.97 Å². The molecule has 3 atom stereocenters. The summed E-state index contributed by atoms with van der Waals surface area (Å²) < 4.78 is 21.6. The standard InChI is InChI=1S/C34H36FN3O3/c1-20-12-28(29(35)15-37-20)27-10-8-24(13-26(27)16-38-18-34(3,17-36)19-38)30-11-9-22-4-7-25(14-31(22)41-30)32(23-5-6-23)21(2)33(39)40/h4,7-8,10,12-15,21,23,30,32H,5-6,9,11,16,18-19H2,1-3H3,(H,39,40)/t21-,30?,32-/m0/s1. The molecule has 212 valence electrons. The number of carboxylic acid groups (broad SMARTS) is 1. The molecule has 0 bridgehead atoms. The normalized spacial score (nSPS) is 21.1. The van der Waals surface area contributed by atoms with E-state index in [2.05, 4.69) is 40.2 Å². The number of nitriles is 1. The number of aromatic nitrogens is 1. The summed E-state index contributed by atoms with van der Waals surface area (Å²) >= 11 is 0. The Labute approximate surface area is 240 Å². The fourth-order valence-electron chi connectivity index (χ4n) is 6.73. The molecule has 7 heteroatoms. The van der Waals surface area contributed by atoms with Crippen LogP contribution in [-0.4, -0.2) is 34.0 Å². The number of likely N-dealkylation sites (tertiary alicyclic amines) is 1. The third-order valence-corrected chi connectivity index (χ3v) is 9.07. The summed E-state index contributed by atoms with van der Waals surface area (Å²) in [6.07, 6.45) is 4.94. The molecule has 3 aliphatic rings. The summed E-state index contributed by atoms with van der Waals surface area (Å²) in [5, 5.41) is 19.2. The van der Waals surface area contributed by atoms with Crippen molar-refractivity contribution < 1.29 is 19.0 Å². The van der Waals surface area contributed by atoms with Crippen molar-refractivity contribution in [1.29, 1.82) is 5.26 Å². The number of benzene rings is 2. The number of rotatable bonds is 8. The summed E-state index contributed by atoms with van der Waals surface area (Å²) in [5.74, 6) is -0.333. The van der Waals surface area contributed by atoms with E-state index in [1.807, 2.05) is 32.9 Å². The highest BCUT2D eigenvalue weighted by Gasteiger charge is 2.40. The largest absolute Gasteiger partial charge is 0.485 e. The SMILES string of the molecule is Cc1cc(-c2ccc(C3CCc4ccc([C@H](C5CC5)[C@H](C)C(=O)O)cc4O3)cc2CN2CC(C)(C#N)C2)c(F)cn1. The van der Waals surface area contributed by atoms with E-state index in [9.17, 15) is 19.6 Å². The second-order valence-electron chi connectivity index (χ2n) is 12.5. The maximum absolute atomic E-state index is 15.0. The maximum Gasteiger partial charge on any atom is 0.306 e.